The summed E-state index contributed by atoms with van der Waals surface area (Å²) in [6, 6.07) is 10.7. The summed E-state index contributed by atoms with van der Waals surface area (Å²) in [5, 5.41) is 0.354. The summed E-state index contributed by atoms with van der Waals surface area (Å²) in [5.41, 5.74) is -0.278. The largest absolute Gasteiger partial charge is 0.340 e. The number of carbonyl (C=O) groups excluding carboxylic acids is 2. The first-order chi connectivity index (χ1) is 14.9. The van der Waals surface area contributed by atoms with Gasteiger partial charge in [0.15, 0.2) is 0 Å². The molecule has 1 aliphatic rings. The van der Waals surface area contributed by atoms with Crippen molar-refractivity contribution < 1.29 is 14.0 Å². The van der Waals surface area contributed by atoms with Crippen LogP contribution in [0.15, 0.2) is 52.1 Å². The molecule has 1 N–H and O–H groups in total. The summed E-state index contributed by atoms with van der Waals surface area (Å²) in [5.74, 6) is -1.44. The van der Waals surface area contributed by atoms with Crippen molar-refractivity contribution in [2.24, 2.45) is 0 Å². The van der Waals surface area contributed by atoms with Crippen molar-refractivity contribution in [2.45, 2.75) is 13.5 Å². The number of likely N-dealkylation sites (N-methyl/N-ethyl adjacent to an activating group) is 1. The Morgan fingerprint density at radius 1 is 1.10 bits per heavy atom. The van der Waals surface area contributed by atoms with Gasteiger partial charge in [-0.2, -0.15) is 0 Å². The van der Waals surface area contributed by atoms with E-state index in [1.807, 2.05) is 6.92 Å². The van der Waals surface area contributed by atoms with Crippen LogP contribution in [-0.4, -0.2) is 57.3 Å². The first-order valence-electron chi connectivity index (χ1n) is 9.96. The number of rotatable bonds is 4. The third-order valence-corrected chi connectivity index (χ3v) is 5.49. The molecule has 0 spiro atoms. The van der Waals surface area contributed by atoms with Crippen molar-refractivity contribution in [3.8, 4) is 0 Å². The molecule has 2 heterocycles. The van der Waals surface area contributed by atoms with Crippen molar-refractivity contribution >= 4 is 22.7 Å². The number of aromatic nitrogens is 2. The molecule has 1 aromatic heterocycles. The van der Waals surface area contributed by atoms with Crippen molar-refractivity contribution in [1.82, 2.24) is 19.4 Å². The first kappa shape index (κ1) is 20.5. The number of nitrogens with zero attached hydrogens (tertiary/aromatic N) is 3. The first-order valence-corrected chi connectivity index (χ1v) is 9.96. The number of aromatic amines is 1. The van der Waals surface area contributed by atoms with Gasteiger partial charge in [-0.25, -0.2) is 9.18 Å². The molecule has 1 aliphatic heterocycles. The van der Waals surface area contributed by atoms with E-state index in [0.29, 0.717) is 36.1 Å². The molecule has 0 aliphatic carbocycles. The van der Waals surface area contributed by atoms with E-state index >= 15 is 0 Å². The summed E-state index contributed by atoms with van der Waals surface area (Å²) in [6.45, 7) is 3.10. The molecule has 0 radical (unpaired) electrons. The fourth-order valence-corrected chi connectivity index (χ4v) is 3.80. The van der Waals surface area contributed by atoms with Gasteiger partial charge in [-0.15, -0.1) is 0 Å². The van der Waals surface area contributed by atoms with Crippen molar-refractivity contribution in [3.05, 3.63) is 80.2 Å². The zero-order valence-electron chi connectivity index (χ0n) is 16.9. The zero-order valence-corrected chi connectivity index (χ0v) is 16.9. The minimum absolute atomic E-state index is 0.0409. The van der Waals surface area contributed by atoms with Gasteiger partial charge in [0.05, 0.1) is 23.0 Å². The van der Waals surface area contributed by atoms with Gasteiger partial charge in [0.25, 0.3) is 11.5 Å². The Morgan fingerprint density at radius 2 is 1.87 bits per heavy atom. The quantitative estimate of drug-likeness (QED) is 0.681. The number of carbonyl (C=O) groups is 2. The second-order valence-corrected chi connectivity index (χ2v) is 7.38. The molecule has 0 bridgehead atoms. The number of benzene rings is 2. The van der Waals surface area contributed by atoms with E-state index in [0.717, 1.165) is 0 Å². The molecule has 160 valence electrons. The van der Waals surface area contributed by atoms with Gasteiger partial charge in [0.1, 0.15) is 12.4 Å². The van der Waals surface area contributed by atoms with Crippen LogP contribution in [0.5, 0.6) is 0 Å². The van der Waals surface area contributed by atoms with Crippen LogP contribution >= 0.6 is 0 Å². The average Bonchev–Trinajstić information content (AvgIpc) is 2.77. The minimum atomic E-state index is -0.696. The van der Waals surface area contributed by atoms with E-state index in [1.165, 1.54) is 27.7 Å². The van der Waals surface area contributed by atoms with E-state index in [1.54, 1.807) is 29.2 Å². The number of H-pyrrole nitrogens is 1. The summed E-state index contributed by atoms with van der Waals surface area (Å²) in [4.78, 5) is 54.7. The van der Waals surface area contributed by atoms with E-state index in [-0.39, 0.29) is 24.6 Å². The summed E-state index contributed by atoms with van der Waals surface area (Å²) < 4.78 is 15.8. The van der Waals surface area contributed by atoms with Crippen LogP contribution in [0.2, 0.25) is 0 Å². The molecule has 2 aromatic carbocycles. The number of nitrogens with one attached hydrogen (secondary N) is 1. The van der Waals surface area contributed by atoms with E-state index in [9.17, 15) is 23.6 Å². The average molecular weight is 424 g/mol. The fraction of sp³-hybridized carbons (Fsp3) is 0.273. The predicted molar refractivity (Wildman–Crippen MR) is 112 cm³/mol. The lowest BCUT2D eigenvalue weighted by Crippen LogP contribution is -2.52. The van der Waals surface area contributed by atoms with Gasteiger partial charge in [0.2, 0.25) is 5.91 Å². The highest BCUT2D eigenvalue weighted by atomic mass is 19.1. The maximum absolute atomic E-state index is 14.5. The Morgan fingerprint density at radius 3 is 2.61 bits per heavy atom. The van der Waals surface area contributed by atoms with Crippen molar-refractivity contribution in [1.29, 1.82) is 0 Å². The Bertz CT molecular complexity index is 1300. The minimum Gasteiger partial charge on any atom is -0.340 e. The standard InChI is InChI=1S/C22H21FN4O4/c1-2-25-9-10-26(13-19(25)28)21(30)16-11-14(7-8-17(16)23)12-27-18-6-4-3-5-15(18)20(29)24-22(27)31/h3-8,11H,2,9-10,12-13H2,1H3,(H,24,29,31). The summed E-state index contributed by atoms with van der Waals surface area (Å²) in [6.07, 6.45) is 0. The summed E-state index contributed by atoms with van der Waals surface area (Å²) >= 11 is 0. The maximum atomic E-state index is 14.5. The highest BCUT2D eigenvalue weighted by molar-refractivity contribution is 5.97. The second kappa shape index (κ2) is 8.17. The Labute approximate surface area is 176 Å². The van der Waals surface area contributed by atoms with Gasteiger partial charge >= 0.3 is 5.69 Å². The monoisotopic (exact) mass is 424 g/mol. The van der Waals surface area contributed by atoms with Crippen molar-refractivity contribution in [2.75, 3.05) is 26.2 Å². The molecule has 0 atom stereocenters. The van der Waals surface area contributed by atoms with Crippen LogP contribution in [-0.2, 0) is 11.3 Å². The summed E-state index contributed by atoms with van der Waals surface area (Å²) in [7, 11) is 0. The van der Waals surface area contributed by atoms with E-state index in [2.05, 4.69) is 4.98 Å². The molecule has 1 saturated heterocycles. The number of piperazine rings is 1. The highest BCUT2D eigenvalue weighted by Crippen LogP contribution is 2.17. The number of hydrogen-bond acceptors (Lipinski definition) is 4. The third-order valence-electron chi connectivity index (χ3n) is 5.49. The van der Waals surface area contributed by atoms with Gasteiger partial charge in [-0.3, -0.25) is 23.9 Å². The van der Waals surface area contributed by atoms with E-state index in [4.69, 9.17) is 0 Å². The zero-order chi connectivity index (χ0) is 22.1. The van der Waals surface area contributed by atoms with Gasteiger partial charge in [-0.05, 0) is 36.8 Å². The van der Waals surface area contributed by atoms with Crippen LogP contribution in [0, 0.1) is 5.82 Å². The molecule has 9 heteroatoms. The highest BCUT2D eigenvalue weighted by Gasteiger charge is 2.28. The molecule has 8 nitrogen and oxygen atoms in total. The molecular weight excluding hydrogens is 403 g/mol. The molecular formula is C22H21FN4O4. The third kappa shape index (κ3) is 3.86. The topological polar surface area (TPSA) is 95.5 Å². The molecule has 4 rings (SSSR count). The molecule has 31 heavy (non-hydrogen) atoms. The molecule has 1 fully saturated rings. The Balaban J connectivity index is 1.66. The molecule has 3 aromatic rings. The van der Waals surface area contributed by atoms with Gasteiger partial charge < -0.3 is 9.80 Å². The fourth-order valence-electron chi connectivity index (χ4n) is 3.80. The number of fused-ring (bicyclic) bond motifs is 1. The van der Waals surface area contributed by atoms with Crippen molar-refractivity contribution in [3.63, 3.8) is 0 Å². The molecule has 0 saturated carbocycles. The lowest BCUT2D eigenvalue weighted by Gasteiger charge is -2.33. The van der Waals surface area contributed by atoms with Crippen LogP contribution in [0.3, 0.4) is 0 Å². The van der Waals surface area contributed by atoms with Crippen LogP contribution in [0.1, 0.15) is 22.8 Å². The Hall–Kier alpha value is -3.75. The van der Waals surface area contributed by atoms with Crippen LogP contribution < -0.4 is 11.2 Å². The van der Waals surface area contributed by atoms with Crippen LogP contribution in [0.25, 0.3) is 10.9 Å². The smallest absolute Gasteiger partial charge is 0.329 e. The second-order valence-electron chi connectivity index (χ2n) is 7.38. The predicted octanol–water partition coefficient (Wildman–Crippen LogP) is 1.18. The molecule has 2 amide bonds. The lowest BCUT2D eigenvalue weighted by molar-refractivity contribution is -0.134. The van der Waals surface area contributed by atoms with Gasteiger partial charge in [-0.1, -0.05) is 18.2 Å². The van der Waals surface area contributed by atoms with Crippen LogP contribution in [0.4, 0.5) is 4.39 Å². The molecule has 0 unspecified atom stereocenters. The lowest BCUT2D eigenvalue weighted by atomic mass is 10.1. The number of amides is 2. The number of para-hydroxylation sites is 1. The Kier molecular flexibility index (Phi) is 5.41. The van der Waals surface area contributed by atoms with E-state index < -0.39 is 23.0 Å². The normalized spacial score (nSPS) is 14.3. The number of halogens is 1. The van der Waals surface area contributed by atoms with Gasteiger partial charge in [0, 0.05) is 19.6 Å². The SMILES string of the molecule is CCN1CCN(C(=O)c2cc(Cn3c(=O)[nH]c(=O)c4ccccc43)ccc2F)CC1=O. The number of hydrogen-bond donors (Lipinski definition) is 1. The maximum Gasteiger partial charge on any atom is 0.329 e.